The monoisotopic (exact) mass is 412 g/mol. The van der Waals surface area contributed by atoms with Crippen LogP contribution < -0.4 is 10.1 Å². The molecule has 1 aromatic heterocycles. The zero-order valence-corrected chi connectivity index (χ0v) is 15.0. The molecule has 23 heavy (non-hydrogen) atoms. The Balaban J connectivity index is 1.87. The van der Waals surface area contributed by atoms with Gasteiger partial charge in [-0.2, -0.15) is 0 Å². The second-order valence-corrected chi connectivity index (χ2v) is 6.69. The summed E-state index contributed by atoms with van der Waals surface area (Å²) in [5, 5.41) is 3.69. The lowest BCUT2D eigenvalue weighted by Gasteiger charge is -2.04. The minimum absolute atomic E-state index is 0.234. The summed E-state index contributed by atoms with van der Waals surface area (Å²) < 4.78 is 11.2. The van der Waals surface area contributed by atoms with Crippen LogP contribution in [0.1, 0.15) is 5.76 Å². The number of furan rings is 1. The van der Waals surface area contributed by atoms with E-state index in [1.807, 2.05) is 0 Å². The summed E-state index contributed by atoms with van der Waals surface area (Å²) in [6.07, 6.45) is 1.66. The van der Waals surface area contributed by atoms with Crippen LogP contribution in [-0.2, 0) is 4.79 Å². The van der Waals surface area contributed by atoms with Gasteiger partial charge in [0.25, 0.3) is 5.91 Å². The number of carbonyl (C=O) groups excluding carboxylic acids is 1. The molecule has 3 rings (SSSR count). The molecule has 1 saturated heterocycles. The molecule has 0 spiro atoms. The molecule has 1 aliphatic rings. The number of rotatable bonds is 3. The van der Waals surface area contributed by atoms with Gasteiger partial charge in [0.05, 0.1) is 12.0 Å². The molecule has 0 aliphatic carbocycles. The number of hydrogen-bond acceptors (Lipinski definition) is 5. The average Bonchev–Trinajstić information content (AvgIpc) is 3.06. The molecule has 8 heteroatoms. The van der Waals surface area contributed by atoms with Crippen LogP contribution in [-0.4, -0.2) is 18.2 Å². The second kappa shape index (κ2) is 6.82. The maximum Gasteiger partial charge on any atom is 0.264 e. The van der Waals surface area contributed by atoms with Gasteiger partial charge >= 0.3 is 0 Å². The Kier molecular flexibility index (Phi) is 4.79. The molecule has 1 fully saturated rings. The highest BCUT2D eigenvalue weighted by molar-refractivity contribution is 9.10. The van der Waals surface area contributed by atoms with Crippen LogP contribution in [0, 0.1) is 0 Å². The van der Waals surface area contributed by atoms with Crippen molar-refractivity contribution >= 4 is 62.1 Å². The largest absolute Gasteiger partial charge is 0.494 e. The lowest BCUT2D eigenvalue weighted by molar-refractivity contribution is -0.115. The fraction of sp³-hybridized carbons (Fsp3) is 0.0667. The van der Waals surface area contributed by atoms with Crippen molar-refractivity contribution < 1.29 is 13.9 Å². The van der Waals surface area contributed by atoms with Gasteiger partial charge in [-0.1, -0.05) is 11.6 Å². The maximum atomic E-state index is 12.0. The number of thioether (sulfide) groups is 1. The molecule has 0 unspecified atom stereocenters. The standard InChI is InChI=1S/C15H10BrClN2O3S/c1-21-11-4-2-8(17)6-10(11)18-15-19-14(20)12(23-15)7-9-3-5-13(16)22-9/h2-7H,1H3,(H,18,19,20)/b12-7-. The normalized spacial score (nSPS) is 17.8. The van der Waals surface area contributed by atoms with E-state index in [-0.39, 0.29) is 5.91 Å². The van der Waals surface area contributed by atoms with Gasteiger partial charge in [0.15, 0.2) is 9.84 Å². The van der Waals surface area contributed by atoms with E-state index in [1.54, 1.807) is 43.5 Å². The first-order chi connectivity index (χ1) is 11.0. The van der Waals surface area contributed by atoms with Crippen molar-refractivity contribution in [2.45, 2.75) is 0 Å². The van der Waals surface area contributed by atoms with Gasteiger partial charge in [-0.15, -0.1) is 0 Å². The summed E-state index contributed by atoms with van der Waals surface area (Å²) in [5.74, 6) is 0.919. The number of halogens is 2. The number of amides is 1. The predicted molar refractivity (Wildman–Crippen MR) is 95.2 cm³/mol. The highest BCUT2D eigenvalue weighted by Crippen LogP contribution is 2.34. The van der Waals surface area contributed by atoms with E-state index in [2.05, 4.69) is 26.2 Å². The Labute approximate surface area is 149 Å². The molecule has 1 aliphatic heterocycles. The molecule has 0 bridgehead atoms. The molecule has 0 atom stereocenters. The number of aliphatic imine (C=N–C) groups is 1. The summed E-state index contributed by atoms with van der Waals surface area (Å²) in [6.45, 7) is 0. The van der Waals surface area contributed by atoms with Crippen LogP contribution in [0.3, 0.4) is 0 Å². The van der Waals surface area contributed by atoms with Gasteiger partial charge in [0, 0.05) is 11.1 Å². The van der Waals surface area contributed by atoms with E-state index in [4.69, 9.17) is 20.8 Å². The number of ether oxygens (including phenoxy) is 1. The molecule has 0 radical (unpaired) electrons. The van der Waals surface area contributed by atoms with Crippen LogP contribution in [0.2, 0.25) is 5.02 Å². The number of benzene rings is 1. The van der Waals surface area contributed by atoms with Crippen LogP contribution in [0.5, 0.6) is 5.75 Å². The Morgan fingerprint density at radius 1 is 1.39 bits per heavy atom. The van der Waals surface area contributed by atoms with Gasteiger partial charge in [-0.25, -0.2) is 4.99 Å². The van der Waals surface area contributed by atoms with Crippen molar-refractivity contribution in [2.75, 3.05) is 7.11 Å². The smallest absolute Gasteiger partial charge is 0.264 e. The van der Waals surface area contributed by atoms with Crippen molar-refractivity contribution in [3.63, 3.8) is 0 Å². The first kappa shape index (κ1) is 16.2. The number of hydrogen-bond donors (Lipinski definition) is 1. The third-order valence-electron chi connectivity index (χ3n) is 2.88. The Morgan fingerprint density at radius 3 is 2.91 bits per heavy atom. The molecular formula is C15H10BrClN2O3S. The number of nitrogens with one attached hydrogen (secondary N) is 1. The minimum Gasteiger partial charge on any atom is -0.494 e. The molecule has 5 nitrogen and oxygen atoms in total. The fourth-order valence-electron chi connectivity index (χ4n) is 1.88. The first-order valence-electron chi connectivity index (χ1n) is 6.43. The van der Waals surface area contributed by atoms with E-state index < -0.39 is 0 Å². The lowest BCUT2D eigenvalue weighted by atomic mass is 10.3. The number of amidine groups is 1. The molecule has 2 heterocycles. The lowest BCUT2D eigenvalue weighted by Crippen LogP contribution is -2.19. The quantitative estimate of drug-likeness (QED) is 0.747. The average molecular weight is 414 g/mol. The van der Waals surface area contributed by atoms with Crippen molar-refractivity contribution in [2.24, 2.45) is 4.99 Å². The van der Waals surface area contributed by atoms with E-state index in [0.29, 0.717) is 37.0 Å². The van der Waals surface area contributed by atoms with Gasteiger partial charge in [-0.05, 0) is 58.0 Å². The zero-order chi connectivity index (χ0) is 16.4. The van der Waals surface area contributed by atoms with E-state index in [9.17, 15) is 4.79 Å². The Hall–Kier alpha value is -1.70. The summed E-state index contributed by atoms with van der Waals surface area (Å²) in [5.41, 5.74) is 0.546. The van der Waals surface area contributed by atoms with E-state index in [1.165, 1.54) is 11.8 Å². The van der Waals surface area contributed by atoms with Crippen molar-refractivity contribution in [1.82, 2.24) is 5.32 Å². The van der Waals surface area contributed by atoms with Crippen LogP contribution in [0.4, 0.5) is 5.69 Å². The van der Waals surface area contributed by atoms with E-state index in [0.717, 1.165) is 0 Å². The Bertz CT molecular complexity index is 832. The minimum atomic E-state index is -0.234. The first-order valence-corrected chi connectivity index (χ1v) is 8.42. The highest BCUT2D eigenvalue weighted by Gasteiger charge is 2.24. The van der Waals surface area contributed by atoms with Crippen LogP contribution in [0.25, 0.3) is 6.08 Å². The molecular weight excluding hydrogens is 404 g/mol. The van der Waals surface area contributed by atoms with E-state index >= 15 is 0 Å². The topological polar surface area (TPSA) is 63.8 Å². The third kappa shape index (κ3) is 3.80. The fourth-order valence-corrected chi connectivity index (χ4v) is 3.18. The van der Waals surface area contributed by atoms with Crippen LogP contribution in [0.15, 0.2) is 49.3 Å². The van der Waals surface area contributed by atoms with Gasteiger partial charge in [0.2, 0.25) is 0 Å². The highest BCUT2D eigenvalue weighted by atomic mass is 79.9. The van der Waals surface area contributed by atoms with Crippen molar-refractivity contribution in [1.29, 1.82) is 0 Å². The summed E-state index contributed by atoms with van der Waals surface area (Å²) in [4.78, 5) is 16.9. The molecule has 118 valence electrons. The van der Waals surface area contributed by atoms with Crippen molar-refractivity contribution in [3.8, 4) is 5.75 Å². The molecule has 1 N–H and O–H groups in total. The molecule has 0 saturated carbocycles. The van der Waals surface area contributed by atoms with Crippen LogP contribution >= 0.6 is 39.3 Å². The second-order valence-electron chi connectivity index (χ2n) is 4.44. The molecule has 1 aromatic carbocycles. The summed E-state index contributed by atoms with van der Waals surface area (Å²) >= 11 is 10.4. The van der Waals surface area contributed by atoms with Gasteiger partial charge < -0.3 is 14.5 Å². The summed E-state index contributed by atoms with van der Waals surface area (Å²) in [7, 11) is 1.55. The van der Waals surface area contributed by atoms with Gasteiger partial charge in [-0.3, -0.25) is 4.79 Å². The number of carbonyl (C=O) groups is 1. The third-order valence-corrected chi connectivity index (χ3v) is 4.45. The predicted octanol–water partition coefficient (Wildman–Crippen LogP) is 4.60. The number of nitrogens with zero attached hydrogens (tertiary/aromatic N) is 1. The maximum absolute atomic E-state index is 12.0. The molecule has 2 aromatic rings. The van der Waals surface area contributed by atoms with Crippen molar-refractivity contribution in [3.05, 3.63) is 50.7 Å². The molecule has 1 amide bonds. The summed E-state index contributed by atoms with van der Waals surface area (Å²) in [6, 6.07) is 8.63. The zero-order valence-electron chi connectivity index (χ0n) is 11.8. The van der Waals surface area contributed by atoms with Gasteiger partial charge in [0.1, 0.15) is 17.2 Å². The Morgan fingerprint density at radius 2 is 2.22 bits per heavy atom. The number of methoxy groups -OCH3 is 1. The SMILES string of the molecule is COc1ccc(Cl)cc1N=C1NC(=O)/C(=C/c2ccc(Br)o2)S1.